The lowest BCUT2D eigenvalue weighted by Crippen LogP contribution is -2.68. The number of ether oxygens (including phenoxy) is 3. The Labute approximate surface area is 303 Å². The first kappa shape index (κ1) is 39.1. The molecule has 0 amide bonds. The maximum Gasteiger partial charge on any atom is 0.312 e. The standard InChI is InChI=1S/C40H64O11/c1-8-9-29(43)49-20-24-30(44)31(45)32(46)33(50-24)51-28-13-14-36(4)25(37(28,5)21-41)12-15-38(6)26(36)11-10-22-23-18-35(2,3)16-17-40(23,34(47)48)27(42)19-39(22,38)7/h10,23-28,30-33,41-42,44-46H,8-9,11-21H2,1-7H3,(H,47,48)/t23?,24-,25?,26?,27?,28?,30-,31+,32-,33+,36?,37?,38?,39?,40?/m1/s1. The van der Waals surface area contributed by atoms with Gasteiger partial charge < -0.3 is 44.8 Å². The van der Waals surface area contributed by atoms with Gasteiger partial charge in [0.05, 0.1) is 18.8 Å². The molecule has 290 valence electrons. The minimum atomic E-state index is -1.58. The Morgan fingerprint density at radius 3 is 2.25 bits per heavy atom. The van der Waals surface area contributed by atoms with Crippen molar-refractivity contribution >= 4 is 11.9 Å². The molecular weight excluding hydrogens is 656 g/mol. The van der Waals surface area contributed by atoms with Gasteiger partial charge in [0.1, 0.15) is 36.4 Å². The number of hydrogen-bond acceptors (Lipinski definition) is 10. The fourth-order valence-corrected chi connectivity index (χ4v) is 12.7. The van der Waals surface area contributed by atoms with Crippen molar-refractivity contribution in [3.63, 3.8) is 0 Å². The predicted octanol–water partition coefficient (Wildman–Crippen LogP) is 4.35. The van der Waals surface area contributed by atoms with Gasteiger partial charge in [-0.15, -0.1) is 0 Å². The highest BCUT2D eigenvalue weighted by Crippen LogP contribution is 2.76. The van der Waals surface area contributed by atoms with Crippen LogP contribution in [0.5, 0.6) is 0 Å². The molecule has 6 N–H and O–H groups in total. The minimum absolute atomic E-state index is 0.0194. The Kier molecular flexibility index (Phi) is 10.2. The third kappa shape index (κ3) is 5.77. The van der Waals surface area contributed by atoms with Crippen molar-refractivity contribution < 1.29 is 54.4 Å². The number of carboxylic acid groups (broad SMARTS) is 1. The van der Waals surface area contributed by atoms with Gasteiger partial charge in [0.2, 0.25) is 0 Å². The second kappa shape index (κ2) is 13.3. The SMILES string of the molecule is CCCC(=O)OC[C@H]1O[C@@H](OC2CCC3(C)C(CCC4(C)C3CC=C3C5CC(C)(C)CCC5(C(=O)O)C(O)CC34C)C2(C)CO)[C@H](O)[C@@H](O)[C@@H]1O. The van der Waals surface area contributed by atoms with E-state index in [9.17, 15) is 40.2 Å². The number of esters is 1. The minimum Gasteiger partial charge on any atom is -0.481 e. The van der Waals surface area contributed by atoms with Gasteiger partial charge in [-0.1, -0.05) is 60.1 Å². The average Bonchev–Trinajstić information content (AvgIpc) is 3.05. The smallest absolute Gasteiger partial charge is 0.312 e. The van der Waals surface area contributed by atoms with Crippen molar-refractivity contribution in [1.82, 2.24) is 0 Å². The Balaban J connectivity index is 1.27. The molecule has 6 aliphatic rings. The van der Waals surface area contributed by atoms with E-state index in [1.807, 2.05) is 13.8 Å². The van der Waals surface area contributed by atoms with Gasteiger partial charge in [0, 0.05) is 11.8 Å². The van der Waals surface area contributed by atoms with Gasteiger partial charge in [0.25, 0.3) is 0 Å². The Morgan fingerprint density at radius 1 is 0.902 bits per heavy atom. The van der Waals surface area contributed by atoms with Crippen LogP contribution in [0.3, 0.4) is 0 Å². The van der Waals surface area contributed by atoms with Crippen LogP contribution in [0.15, 0.2) is 11.6 Å². The molecule has 0 radical (unpaired) electrons. The summed E-state index contributed by atoms with van der Waals surface area (Å²) in [7, 11) is 0. The van der Waals surface area contributed by atoms with E-state index >= 15 is 0 Å². The summed E-state index contributed by atoms with van der Waals surface area (Å²) in [6.45, 7) is 14.9. The van der Waals surface area contributed by atoms with Crippen molar-refractivity contribution in [2.45, 2.75) is 162 Å². The van der Waals surface area contributed by atoms with E-state index in [0.717, 1.165) is 38.5 Å². The first-order chi connectivity index (χ1) is 23.8. The fraction of sp³-hybridized carbons (Fsp3) is 0.900. The number of aliphatic hydroxyl groups is 5. The molecule has 0 spiro atoms. The zero-order valence-corrected chi connectivity index (χ0v) is 31.8. The molecule has 1 aliphatic heterocycles. The lowest BCUT2D eigenvalue weighted by molar-refractivity contribution is -0.333. The van der Waals surface area contributed by atoms with E-state index in [4.69, 9.17) is 14.2 Å². The zero-order chi connectivity index (χ0) is 37.5. The summed E-state index contributed by atoms with van der Waals surface area (Å²) in [6, 6.07) is 0. The second-order valence-electron chi connectivity index (χ2n) is 19.1. The highest BCUT2D eigenvalue weighted by Gasteiger charge is 2.71. The van der Waals surface area contributed by atoms with Crippen LogP contribution < -0.4 is 0 Å². The summed E-state index contributed by atoms with van der Waals surface area (Å²) in [5.74, 6) is -1.30. The summed E-state index contributed by atoms with van der Waals surface area (Å²) >= 11 is 0. The first-order valence-electron chi connectivity index (χ1n) is 19.5. The number of fused-ring (bicyclic) bond motifs is 7. The quantitative estimate of drug-likeness (QED) is 0.119. The molecule has 1 heterocycles. The van der Waals surface area contributed by atoms with E-state index in [-0.39, 0.29) is 53.6 Å². The topological polar surface area (TPSA) is 183 Å². The van der Waals surface area contributed by atoms with Crippen molar-refractivity contribution in [2.75, 3.05) is 13.2 Å². The summed E-state index contributed by atoms with van der Waals surface area (Å²) in [4.78, 5) is 25.1. The van der Waals surface area contributed by atoms with E-state index in [1.54, 1.807) is 0 Å². The third-order valence-electron chi connectivity index (χ3n) is 16.0. The van der Waals surface area contributed by atoms with Crippen LogP contribution in [0.25, 0.3) is 0 Å². The average molecular weight is 721 g/mol. The van der Waals surface area contributed by atoms with Crippen molar-refractivity contribution in [3.05, 3.63) is 11.6 Å². The molecule has 10 unspecified atom stereocenters. The lowest BCUT2D eigenvalue weighted by Gasteiger charge is -2.71. The van der Waals surface area contributed by atoms with Gasteiger partial charge in [-0.3, -0.25) is 9.59 Å². The zero-order valence-electron chi connectivity index (χ0n) is 31.8. The summed E-state index contributed by atoms with van der Waals surface area (Å²) in [5, 5.41) is 66.1. The van der Waals surface area contributed by atoms with Gasteiger partial charge in [0.15, 0.2) is 6.29 Å². The molecule has 4 saturated carbocycles. The number of carbonyl (C=O) groups is 2. The van der Waals surface area contributed by atoms with Crippen LogP contribution in [0.1, 0.15) is 119 Å². The Hall–Kier alpha value is -1.60. The molecule has 11 nitrogen and oxygen atoms in total. The van der Waals surface area contributed by atoms with E-state index in [1.165, 1.54) is 5.57 Å². The molecule has 51 heavy (non-hydrogen) atoms. The summed E-state index contributed by atoms with van der Waals surface area (Å²) < 4.78 is 17.7. The number of aliphatic carboxylic acids is 1. The van der Waals surface area contributed by atoms with Gasteiger partial charge >= 0.3 is 11.9 Å². The molecular formula is C40H64O11. The van der Waals surface area contributed by atoms with Crippen molar-refractivity contribution in [2.24, 2.45) is 50.2 Å². The van der Waals surface area contributed by atoms with Crippen LogP contribution in [-0.2, 0) is 23.8 Å². The monoisotopic (exact) mass is 720 g/mol. The predicted molar refractivity (Wildman–Crippen MR) is 187 cm³/mol. The molecule has 5 fully saturated rings. The normalized spacial score (nSPS) is 50.5. The highest BCUT2D eigenvalue weighted by atomic mass is 16.7. The summed E-state index contributed by atoms with van der Waals surface area (Å²) in [5.41, 5.74) is -1.52. The number of aliphatic hydroxyl groups excluding tert-OH is 5. The van der Waals surface area contributed by atoms with Crippen molar-refractivity contribution in [3.8, 4) is 0 Å². The van der Waals surface area contributed by atoms with Gasteiger partial charge in [-0.25, -0.2) is 0 Å². The largest absolute Gasteiger partial charge is 0.481 e. The second-order valence-corrected chi connectivity index (χ2v) is 19.1. The summed E-state index contributed by atoms with van der Waals surface area (Å²) in [6.07, 6.45) is 0.881. The van der Waals surface area contributed by atoms with Gasteiger partial charge in [-0.05, 0) is 104 Å². The molecule has 11 heteroatoms. The molecule has 5 aliphatic carbocycles. The fourth-order valence-electron chi connectivity index (χ4n) is 12.7. The molecule has 0 aromatic heterocycles. The molecule has 0 aromatic rings. The highest BCUT2D eigenvalue weighted by molar-refractivity contribution is 5.77. The molecule has 15 atom stereocenters. The van der Waals surface area contributed by atoms with Crippen LogP contribution in [0.4, 0.5) is 0 Å². The van der Waals surface area contributed by atoms with Crippen LogP contribution >= 0.6 is 0 Å². The molecule has 0 aromatic carbocycles. The number of carbonyl (C=O) groups excluding carboxylic acids is 1. The lowest BCUT2D eigenvalue weighted by atomic mass is 9.33. The van der Waals surface area contributed by atoms with E-state index in [0.29, 0.717) is 25.7 Å². The maximum atomic E-state index is 13.1. The Bertz CT molecular complexity index is 1380. The number of allylic oxidation sites excluding steroid dienone is 2. The number of hydrogen-bond donors (Lipinski definition) is 6. The molecule has 1 saturated heterocycles. The molecule has 0 bridgehead atoms. The van der Waals surface area contributed by atoms with Crippen LogP contribution in [-0.4, -0.2) is 98.7 Å². The Morgan fingerprint density at radius 2 is 1.61 bits per heavy atom. The van der Waals surface area contributed by atoms with Gasteiger partial charge in [-0.2, -0.15) is 0 Å². The van der Waals surface area contributed by atoms with E-state index < -0.39 is 71.1 Å². The van der Waals surface area contributed by atoms with E-state index in [2.05, 4.69) is 40.7 Å². The van der Waals surface area contributed by atoms with Crippen LogP contribution in [0, 0.1) is 50.2 Å². The number of carboxylic acids is 1. The molecule has 6 rings (SSSR count). The first-order valence-corrected chi connectivity index (χ1v) is 19.5. The maximum absolute atomic E-state index is 13.1. The third-order valence-corrected chi connectivity index (χ3v) is 16.0. The number of rotatable bonds is 8. The van der Waals surface area contributed by atoms with Crippen molar-refractivity contribution in [1.29, 1.82) is 0 Å². The van der Waals surface area contributed by atoms with Crippen LogP contribution in [0.2, 0.25) is 0 Å².